The molecule has 3 rings (SSSR count). The average molecular weight is 371 g/mol. The molecule has 0 bridgehead atoms. The van der Waals surface area contributed by atoms with Crippen LogP contribution in [-0.4, -0.2) is 30.2 Å². The lowest BCUT2D eigenvalue weighted by Crippen LogP contribution is -2.50. The third-order valence-electron chi connectivity index (χ3n) is 4.69. The quantitative estimate of drug-likeness (QED) is 0.821. The van der Waals surface area contributed by atoms with Gasteiger partial charge in [-0.3, -0.25) is 4.79 Å². The molecule has 1 heterocycles. The van der Waals surface area contributed by atoms with Crippen LogP contribution in [0, 0.1) is 6.92 Å². The molecule has 0 radical (unpaired) electrons. The topological polar surface area (TPSA) is 70.7 Å². The number of aryl methyl sites for hydroxylation is 1. The van der Waals surface area contributed by atoms with Crippen LogP contribution in [0.1, 0.15) is 52.0 Å². The van der Waals surface area contributed by atoms with Crippen molar-refractivity contribution in [3.05, 3.63) is 35.5 Å². The summed E-state index contributed by atoms with van der Waals surface area (Å²) in [4.78, 5) is 27.2. The summed E-state index contributed by atoms with van der Waals surface area (Å²) in [6.07, 6.45) is 6.00. The van der Waals surface area contributed by atoms with E-state index < -0.39 is 17.7 Å². The third kappa shape index (κ3) is 4.81. The number of carbonyl (C=O) groups is 2. The van der Waals surface area contributed by atoms with E-state index in [-0.39, 0.29) is 5.91 Å². The molecule has 0 spiro atoms. The Morgan fingerprint density at radius 2 is 2.07 bits per heavy atom. The summed E-state index contributed by atoms with van der Waals surface area (Å²) in [7, 11) is 0. The molecule has 6 nitrogen and oxygen atoms in total. The number of nitrogens with one attached hydrogen (secondary N) is 2. The van der Waals surface area contributed by atoms with Crippen molar-refractivity contribution in [1.82, 2.24) is 5.32 Å². The van der Waals surface area contributed by atoms with Gasteiger partial charge in [0.15, 0.2) is 0 Å². The molecule has 2 aliphatic rings. The van der Waals surface area contributed by atoms with Gasteiger partial charge in [0.2, 0.25) is 5.91 Å². The molecular formula is C21H29N3O3. The van der Waals surface area contributed by atoms with E-state index in [1.54, 1.807) is 20.8 Å². The van der Waals surface area contributed by atoms with Crippen LogP contribution in [0.15, 0.2) is 30.0 Å². The molecule has 1 aliphatic carbocycles. The van der Waals surface area contributed by atoms with Crippen LogP contribution in [0.5, 0.6) is 0 Å². The molecule has 146 valence electrons. The summed E-state index contributed by atoms with van der Waals surface area (Å²) in [6, 6.07) is 5.36. The Morgan fingerprint density at radius 1 is 1.30 bits per heavy atom. The highest BCUT2D eigenvalue weighted by atomic mass is 16.6. The second kappa shape index (κ2) is 7.62. The molecule has 1 aliphatic heterocycles. The number of alkyl carbamates (subject to hydrolysis) is 1. The number of carbonyl (C=O) groups excluding carboxylic acids is 2. The molecule has 1 aromatic carbocycles. The molecule has 2 N–H and O–H groups in total. The highest BCUT2D eigenvalue weighted by Crippen LogP contribution is 2.35. The van der Waals surface area contributed by atoms with E-state index in [0.717, 1.165) is 36.2 Å². The van der Waals surface area contributed by atoms with Crippen LogP contribution in [0.4, 0.5) is 16.2 Å². The molecule has 1 atom stereocenters. The molecule has 0 saturated heterocycles. The van der Waals surface area contributed by atoms with Gasteiger partial charge < -0.3 is 20.3 Å². The highest BCUT2D eigenvalue weighted by Gasteiger charge is 2.32. The number of rotatable bonds is 2. The van der Waals surface area contributed by atoms with Crippen molar-refractivity contribution < 1.29 is 14.3 Å². The normalized spacial score (nSPS) is 20.1. The predicted octanol–water partition coefficient (Wildman–Crippen LogP) is 4.10. The zero-order valence-corrected chi connectivity index (χ0v) is 16.6. The summed E-state index contributed by atoms with van der Waals surface area (Å²) >= 11 is 0. The maximum absolute atomic E-state index is 12.8. The van der Waals surface area contributed by atoms with Gasteiger partial charge in [0.25, 0.3) is 0 Å². The minimum atomic E-state index is -0.699. The number of benzene rings is 1. The second-order valence-electron chi connectivity index (χ2n) is 8.26. The number of nitrogens with zero attached hydrogens (tertiary/aromatic N) is 1. The molecule has 0 aromatic heterocycles. The van der Waals surface area contributed by atoms with Crippen LogP contribution in [-0.2, 0) is 9.53 Å². The predicted molar refractivity (Wildman–Crippen MR) is 107 cm³/mol. The fourth-order valence-corrected chi connectivity index (χ4v) is 3.47. The lowest BCUT2D eigenvalue weighted by molar-refractivity contribution is -0.117. The smallest absolute Gasteiger partial charge is 0.408 e. The first-order valence-corrected chi connectivity index (χ1v) is 9.60. The number of ether oxygens (including phenoxy) is 1. The van der Waals surface area contributed by atoms with Gasteiger partial charge in [-0.2, -0.15) is 0 Å². The average Bonchev–Trinajstić information content (AvgIpc) is 2.70. The molecule has 6 heteroatoms. The lowest BCUT2D eigenvalue weighted by atomic mass is 10.0. The van der Waals surface area contributed by atoms with E-state index in [9.17, 15) is 9.59 Å². The molecule has 0 fully saturated rings. The summed E-state index contributed by atoms with van der Waals surface area (Å²) in [6.45, 7) is 7.79. The van der Waals surface area contributed by atoms with E-state index in [4.69, 9.17) is 4.74 Å². The van der Waals surface area contributed by atoms with Gasteiger partial charge in [-0.05, 0) is 71.1 Å². The maximum Gasteiger partial charge on any atom is 0.408 e. The first-order valence-electron chi connectivity index (χ1n) is 9.60. The Kier molecular flexibility index (Phi) is 5.44. The van der Waals surface area contributed by atoms with Crippen LogP contribution in [0.2, 0.25) is 0 Å². The molecule has 27 heavy (non-hydrogen) atoms. The molecule has 1 unspecified atom stereocenters. The van der Waals surface area contributed by atoms with Crippen molar-refractivity contribution >= 4 is 23.4 Å². The molecule has 0 saturated carbocycles. The van der Waals surface area contributed by atoms with E-state index in [1.807, 2.05) is 25.1 Å². The Hall–Kier alpha value is -2.50. The van der Waals surface area contributed by atoms with Crippen LogP contribution in [0.25, 0.3) is 0 Å². The first kappa shape index (κ1) is 19.3. The zero-order valence-electron chi connectivity index (χ0n) is 16.6. The summed E-state index contributed by atoms with van der Waals surface area (Å²) in [5.74, 6) is -0.230. The van der Waals surface area contributed by atoms with Crippen molar-refractivity contribution in [1.29, 1.82) is 0 Å². The minimum absolute atomic E-state index is 0.230. The molecular weight excluding hydrogens is 342 g/mol. The summed E-state index contributed by atoms with van der Waals surface area (Å²) in [5, 5.41) is 5.71. The second-order valence-corrected chi connectivity index (χ2v) is 8.26. The number of anilines is 2. The van der Waals surface area contributed by atoms with E-state index in [2.05, 4.69) is 21.6 Å². The van der Waals surface area contributed by atoms with Crippen molar-refractivity contribution in [2.24, 2.45) is 0 Å². The van der Waals surface area contributed by atoms with E-state index in [0.29, 0.717) is 6.54 Å². The van der Waals surface area contributed by atoms with Gasteiger partial charge in [0.1, 0.15) is 11.6 Å². The van der Waals surface area contributed by atoms with Crippen LogP contribution >= 0.6 is 0 Å². The van der Waals surface area contributed by atoms with Gasteiger partial charge in [-0.25, -0.2) is 4.79 Å². The van der Waals surface area contributed by atoms with Gasteiger partial charge in [0.05, 0.1) is 17.9 Å². The maximum atomic E-state index is 12.8. The monoisotopic (exact) mass is 371 g/mol. The van der Waals surface area contributed by atoms with Crippen LogP contribution in [0.3, 0.4) is 0 Å². The van der Waals surface area contributed by atoms with Crippen molar-refractivity contribution in [3.63, 3.8) is 0 Å². The Morgan fingerprint density at radius 3 is 2.74 bits per heavy atom. The molecule has 2 amide bonds. The zero-order chi connectivity index (χ0) is 19.6. The Bertz CT molecular complexity index is 764. The first-order chi connectivity index (χ1) is 12.7. The Balaban J connectivity index is 1.89. The van der Waals surface area contributed by atoms with Gasteiger partial charge in [0, 0.05) is 5.70 Å². The van der Waals surface area contributed by atoms with Crippen LogP contribution < -0.4 is 15.5 Å². The number of hydrogen-bond donors (Lipinski definition) is 2. The van der Waals surface area contributed by atoms with Gasteiger partial charge >= 0.3 is 6.09 Å². The van der Waals surface area contributed by atoms with Gasteiger partial charge in [-0.1, -0.05) is 12.1 Å². The van der Waals surface area contributed by atoms with Gasteiger partial charge in [-0.15, -0.1) is 0 Å². The molecule has 1 aromatic rings. The highest BCUT2D eigenvalue weighted by molar-refractivity contribution is 6.01. The SMILES string of the molecule is Cc1ccc2c(c1)NC(=O)C(NC(=O)OC(C)(C)C)CN2C1=CCCCC1. The minimum Gasteiger partial charge on any atom is -0.444 e. The van der Waals surface area contributed by atoms with E-state index >= 15 is 0 Å². The lowest BCUT2D eigenvalue weighted by Gasteiger charge is -2.31. The summed E-state index contributed by atoms with van der Waals surface area (Å²) in [5.41, 5.74) is 3.41. The fourth-order valence-electron chi connectivity index (χ4n) is 3.47. The largest absolute Gasteiger partial charge is 0.444 e. The number of fused-ring (bicyclic) bond motifs is 1. The Labute approximate surface area is 161 Å². The summed E-state index contributed by atoms with van der Waals surface area (Å²) < 4.78 is 5.34. The van der Waals surface area contributed by atoms with Crippen molar-refractivity contribution in [2.45, 2.75) is 65.0 Å². The van der Waals surface area contributed by atoms with E-state index in [1.165, 1.54) is 12.1 Å². The fraction of sp³-hybridized carbons (Fsp3) is 0.524. The number of hydrogen-bond acceptors (Lipinski definition) is 4. The van der Waals surface area contributed by atoms with Crippen molar-refractivity contribution in [2.75, 3.05) is 16.8 Å². The number of allylic oxidation sites excluding steroid dienone is 2. The number of amides is 2. The third-order valence-corrected chi connectivity index (χ3v) is 4.69. The van der Waals surface area contributed by atoms with Crippen molar-refractivity contribution in [3.8, 4) is 0 Å². The standard InChI is InChI=1S/C21H29N3O3/c1-14-10-11-18-16(12-14)22-19(25)17(23-20(26)27-21(2,3)4)13-24(18)15-8-6-5-7-9-15/h8,10-12,17H,5-7,9,13H2,1-4H3,(H,22,25)(H,23,26).